The van der Waals surface area contributed by atoms with Gasteiger partial charge in [-0.15, -0.1) is 0 Å². The lowest BCUT2D eigenvalue weighted by Gasteiger charge is -2.25. The van der Waals surface area contributed by atoms with Gasteiger partial charge in [0.1, 0.15) is 5.75 Å². The minimum absolute atomic E-state index is 0.0419. The van der Waals surface area contributed by atoms with Crippen LogP contribution in [-0.2, 0) is 9.59 Å². The predicted molar refractivity (Wildman–Crippen MR) is 96.8 cm³/mol. The molecule has 136 valence electrons. The summed E-state index contributed by atoms with van der Waals surface area (Å²) < 4.78 is 5.34. The number of nitrogens with zero attached hydrogens (tertiary/aromatic N) is 2. The number of likely N-dealkylation sites (tertiary alicyclic amines) is 1. The van der Waals surface area contributed by atoms with Crippen LogP contribution in [0.3, 0.4) is 0 Å². The van der Waals surface area contributed by atoms with Crippen molar-refractivity contribution in [2.75, 3.05) is 31.6 Å². The smallest absolute Gasteiger partial charge is 0.228 e. The lowest BCUT2D eigenvalue weighted by Crippen LogP contribution is -2.40. The van der Waals surface area contributed by atoms with Crippen LogP contribution in [0.4, 0.5) is 5.69 Å². The van der Waals surface area contributed by atoms with E-state index in [4.69, 9.17) is 22.1 Å². The van der Waals surface area contributed by atoms with Gasteiger partial charge in [-0.05, 0) is 44.0 Å². The first-order valence-electron chi connectivity index (χ1n) is 8.59. The zero-order chi connectivity index (χ0) is 18.1. The molecule has 2 amide bonds. The fourth-order valence-corrected chi connectivity index (χ4v) is 4.00. The standard InChI is InChI=1S/C18H24ClN3O3/c1-11-5-12(8-20)9-21(11)18(24)13-6-17(23)22(10-13)15-7-14(19)3-4-16(15)25-2/h3-4,7,11-13H,5-6,8-10,20H2,1-2H3. The molecule has 2 fully saturated rings. The molecule has 0 saturated carbocycles. The van der Waals surface area contributed by atoms with E-state index in [9.17, 15) is 9.59 Å². The van der Waals surface area contributed by atoms with E-state index in [0.717, 1.165) is 6.42 Å². The normalized spacial score (nSPS) is 26.4. The number of anilines is 1. The molecule has 2 heterocycles. The second kappa shape index (κ2) is 7.22. The van der Waals surface area contributed by atoms with Gasteiger partial charge < -0.3 is 20.3 Å². The van der Waals surface area contributed by atoms with Crippen LogP contribution in [0.1, 0.15) is 19.8 Å². The first kappa shape index (κ1) is 18.0. The predicted octanol–water partition coefficient (Wildman–Crippen LogP) is 1.90. The Kier molecular flexibility index (Phi) is 5.20. The average molecular weight is 366 g/mol. The number of carbonyl (C=O) groups is 2. The van der Waals surface area contributed by atoms with Crippen molar-refractivity contribution in [3.05, 3.63) is 23.2 Å². The molecule has 1 aromatic rings. The number of hydrogen-bond donors (Lipinski definition) is 1. The van der Waals surface area contributed by atoms with Gasteiger partial charge in [-0.25, -0.2) is 0 Å². The van der Waals surface area contributed by atoms with Crippen molar-refractivity contribution in [3.8, 4) is 5.75 Å². The van der Waals surface area contributed by atoms with E-state index in [1.807, 2.05) is 11.8 Å². The molecule has 25 heavy (non-hydrogen) atoms. The number of ether oxygens (including phenoxy) is 1. The molecule has 0 aliphatic carbocycles. The third-order valence-corrected chi connectivity index (χ3v) is 5.42. The van der Waals surface area contributed by atoms with Crippen LogP contribution in [-0.4, -0.2) is 49.5 Å². The number of nitrogens with two attached hydrogens (primary N) is 1. The Morgan fingerprint density at radius 1 is 1.40 bits per heavy atom. The number of amides is 2. The van der Waals surface area contributed by atoms with E-state index in [2.05, 4.69) is 0 Å². The molecule has 3 rings (SSSR count). The monoisotopic (exact) mass is 365 g/mol. The fraction of sp³-hybridized carbons (Fsp3) is 0.556. The maximum Gasteiger partial charge on any atom is 0.228 e. The Labute approximate surface area is 152 Å². The van der Waals surface area contributed by atoms with E-state index in [1.165, 1.54) is 0 Å². The lowest BCUT2D eigenvalue weighted by atomic mass is 10.1. The molecule has 0 spiro atoms. The quantitative estimate of drug-likeness (QED) is 0.884. The molecule has 2 saturated heterocycles. The van der Waals surface area contributed by atoms with E-state index < -0.39 is 0 Å². The molecule has 3 atom stereocenters. The minimum Gasteiger partial charge on any atom is -0.495 e. The van der Waals surface area contributed by atoms with Crippen LogP contribution in [0.5, 0.6) is 5.75 Å². The maximum atomic E-state index is 12.9. The van der Waals surface area contributed by atoms with Crippen LogP contribution in [0.2, 0.25) is 5.02 Å². The second-order valence-corrected chi connectivity index (χ2v) is 7.34. The third kappa shape index (κ3) is 3.46. The first-order chi connectivity index (χ1) is 11.9. The van der Waals surface area contributed by atoms with E-state index in [-0.39, 0.29) is 30.2 Å². The molecule has 6 nitrogen and oxygen atoms in total. The summed E-state index contributed by atoms with van der Waals surface area (Å²) in [6.07, 6.45) is 1.14. The molecule has 0 radical (unpaired) electrons. The van der Waals surface area contributed by atoms with Gasteiger partial charge >= 0.3 is 0 Å². The number of hydrogen-bond acceptors (Lipinski definition) is 4. The van der Waals surface area contributed by atoms with Gasteiger partial charge in [0.25, 0.3) is 0 Å². The molecular weight excluding hydrogens is 342 g/mol. The molecule has 2 N–H and O–H groups in total. The highest BCUT2D eigenvalue weighted by Gasteiger charge is 2.41. The molecular formula is C18H24ClN3O3. The molecule has 0 bridgehead atoms. The number of benzene rings is 1. The minimum atomic E-state index is -0.338. The van der Waals surface area contributed by atoms with Crippen molar-refractivity contribution in [3.63, 3.8) is 0 Å². The van der Waals surface area contributed by atoms with Crippen molar-refractivity contribution in [2.45, 2.75) is 25.8 Å². The highest BCUT2D eigenvalue weighted by Crippen LogP contribution is 2.36. The Bertz CT molecular complexity index is 682. The third-order valence-electron chi connectivity index (χ3n) is 5.18. The molecule has 1 aromatic carbocycles. The van der Waals surface area contributed by atoms with E-state index >= 15 is 0 Å². The Morgan fingerprint density at radius 2 is 2.16 bits per heavy atom. The van der Waals surface area contributed by atoms with Crippen molar-refractivity contribution < 1.29 is 14.3 Å². The van der Waals surface area contributed by atoms with Gasteiger partial charge in [0.05, 0.1) is 18.7 Å². The summed E-state index contributed by atoms with van der Waals surface area (Å²) in [5.41, 5.74) is 6.37. The molecule has 2 aliphatic rings. The van der Waals surface area contributed by atoms with E-state index in [1.54, 1.807) is 30.2 Å². The fourth-order valence-electron chi connectivity index (χ4n) is 3.83. The summed E-state index contributed by atoms with van der Waals surface area (Å²) in [5, 5.41) is 0.525. The van der Waals surface area contributed by atoms with Crippen LogP contribution < -0.4 is 15.4 Å². The highest BCUT2D eigenvalue weighted by atomic mass is 35.5. The zero-order valence-corrected chi connectivity index (χ0v) is 15.3. The SMILES string of the molecule is COc1ccc(Cl)cc1N1CC(C(=O)N2CC(CN)CC2C)CC1=O. The summed E-state index contributed by atoms with van der Waals surface area (Å²) in [5.74, 6) is 0.542. The summed E-state index contributed by atoms with van der Waals surface area (Å²) in [4.78, 5) is 28.9. The van der Waals surface area contributed by atoms with Gasteiger partial charge in [0.15, 0.2) is 0 Å². The van der Waals surface area contributed by atoms with Crippen LogP contribution >= 0.6 is 11.6 Å². The number of carbonyl (C=O) groups excluding carboxylic acids is 2. The molecule has 2 aliphatic heterocycles. The van der Waals surface area contributed by atoms with Crippen LogP contribution in [0, 0.1) is 11.8 Å². The van der Waals surface area contributed by atoms with Crippen molar-refractivity contribution in [1.29, 1.82) is 0 Å². The van der Waals surface area contributed by atoms with Crippen molar-refractivity contribution in [2.24, 2.45) is 17.6 Å². The molecule has 3 unspecified atom stereocenters. The van der Waals surface area contributed by atoms with Gasteiger partial charge in [-0.1, -0.05) is 11.6 Å². The molecule has 7 heteroatoms. The van der Waals surface area contributed by atoms with Gasteiger partial charge in [0, 0.05) is 30.6 Å². The average Bonchev–Trinajstić information content (AvgIpc) is 3.17. The van der Waals surface area contributed by atoms with Gasteiger partial charge in [-0.2, -0.15) is 0 Å². The van der Waals surface area contributed by atoms with Gasteiger partial charge in [-0.3, -0.25) is 9.59 Å². The second-order valence-electron chi connectivity index (χ2n) is 6.90. The van der Waals surface area contributed by atoms with Crippen molar-refractivity contribution >= 4 is 29.1 Å². The summed E-state index contributed by atoms with van der Waals surface area (Å²) in [7, 11) is 1.55. The highest BCUT2D eigenvalue weighted by molar-refractivity contribution is 6.31. The zero-order valence-electron chi connectivity index (χ0n) is 14.6. The Balaban J connectivity index is 1.77. The Hall–Kier alpha value is -1.79. The summed E-state index contributed by atoms with van der Waals surface area (Å²) in [6.45, 7) is 3.66. The molecule has 0 aromatic heterocycles. The summed E-state index contributed by atoms with van der Waals surface area (Å²) >= 11 is 6.07. The number of methoxy groups -OCH3 is 1. The van der Waals surface area contributed by atoms with Crippen molar-refractivity contribution in [1.82, 2.24) is 4.90 Å². The van der Waals surface area contributed by atoms with Crippen LogP contribution in [0.15, 0.2) is 18.2 Å². The largest absolute Gasteiger partial charge is 0.495 e. The Morgan fingerprint density at radius 3 is 2.80 bits per heavy atom. The first-order valence-corrected chi connectivity index (χ1v) is 8.96. The van der Waals surface area contributed by atoms with Crippen LogP contribution in [0.25, 0.3) is 0 Å². The lowest BCUT2D eigenvalue weighted by molar-refractivity contribution is -0.136. The number of halogens is 1. The van der Waals surface area contributed by atoms with Gasteiger partial charge in [0.2, 0.25) is 11.8 Å². The number of rotatable bonds is 4. The maximum absolute atomic E-state index is 12.9. The van der Waals surface area contributed by atoms with E-state index in [0.29, 0.717) is 42.0 Å². The topological polar surface area (TPSA) is 75.9 Å². The summed E-state index contributed by atoms with van der Waals surface area (Å²) in [6, 6.07) is 5.32.